The largest absolute Gasteiger partial charge is 0.397 e. The van der Waals surface area contributed by atoms with Gasteiger partial charge in [0.2, 0.25) is 5.91 Å². The van der Waals surface area contributed by atoms with E-state index in [1.807, 2.05) is 0 Å². The highest BCUT2D eigenvalue weighted by molar-refractivity contribution is 5.95. The lowest BCUT2D eigenvalue weighted by Crippen LogP contribution is -2.24. The van der Waals surface area contributed by atoms with Crippen LogP contribution in [0.5, 0.6) is 0 Å². The molecule has 0 unspecified atom stereocenters. The summed E-state index contributed by atoms with van der Waals surface area (Å²) >= 11 is 0. The summed E-state index contributed by atoms with van der Waals surface area (Å²) in [6.07, 6.45) is 0.392. The SMILES string of the molecule is CNC(=O)c1ccc(NCCC(=O)N(C)C)c(N)c1. The van der Waals surface area contributed by atoms with E-state index in [1.165, 1.54) is 0 Å². The fraction of sp³-hybridized carbons (Fsp3) is 0.385. The molecular weight excluding hydrogens is 244 g/mol. The number of rotatable bonds is 5. The highest BCUT2D eigenvalue weighted by Gasteiger charge is 2.07. The van der Waals surface area contributed by atoms with Crippen LogP contribution >= 0.6 is 0 Å². The van der Waals surface area contributed by atoms with Gasteiger partial charge in [-0.05, 0) is 18.2 Å². The molecule has 0 aliphatic rings. The third-order valence-corrected chi connectivity index (χ3v) is 2.69. The zero-order chi connectivity index (χ0) is 14.4. The standard InChI is InChI=1S/C13H20N4O2/c1-15-13(19)9-4-5-11(10(14)8-9)16-7-6-12(18)17(2)3/h4-5,8,16H,6-7,14H2,1-3H3,(H,15,19). The van der Waals surface area contributed by atoms with Gasteiger partial charge in [0.05, 0.1) is 11.4 Å². The Hall–Kier alpha value is -2.24. The molecule has 104 valence electrons. The molecule has 4 N–H and O–H groups in total. The lowest BCUT2D eigenvalue weighted by molar-refractivity contribution is -0.128. The van der Waals surface area contributed by atoms with Gasteiger partial charge in [0.25, 0.3) is 5.91 Å². The van der Waals surface area contributed by atoms with Crippen LogP contribution in [0.3, 0.4) is 0 Å². The van der Waals surface area contributed by atoms with Gasteiger partial charge in [0.15, 0.2) is 0 Å². The van der Waals surface area contributed by atoms with Gasteiger partial charge >= 0.3 is 0 Å². The Morgan fingerprint density at radius 3 is 2.53 bits per heavy atom. The minimum Gasteiger partial charge on any atom is -0.397 e. The fourth-order valence-corrected chi connectivity index (χ4v) is 1.54. The van der Waals surface area contributed by atoms with Crippen molar-refractivity contribution in [2.24, 2.45) is 0 Å². The molecule has 19 heavy (non-hydrogen) atoms. The molecule has 0 spiro atoms. The summed E-state index contributed by atoms with van der Waals surface area (Å²) in [6.45, 7) is 0.501. The molecular formula is C13H20N4O2. The molecule has 0 saturated heterocycles. The topological polar surface area (TPSA) is 87.5 Å². The number of amides is 2. The molecule has 6 nitrogen and oxygen atoms in total. The van der Waals surface area contributed by atoms with Crippen molar-refractivity contribution >= 4 is 23.2 Å². The van der Waals surface area contributed by atoms with E-state index >= 15 is 0 Å². The van der Waals surface area contributed by atoms with Crippen molar-refractivity contribution in [1.82, 2.24) is 10.2 Å². The molecule has 1 aromatic carbocycles. The molecule has 0 saturated carbocycles. The summed E-state index contributed by atoms with van der Waals surface area (Å²) in [5, 5.41) is 5.61. The van der Waals surface area contributed by atoms with Gasteiger partial charge in [-0.3, -0.25) is 9.59 Å². The summed E-state index contributed by atoms with van der Waals surface area (Å²) in [5.41, 5.74) is 7.57. The monoisotopic (exact) mass is 264 g/mol. The van der Waals surface area contributed by atoms with Crippen LogP contribution in [0.15, 0.2) is 18.2 Å². The Kier molecular flexibility index (Phi) is 5.17. The number of nitrogen functional groups attached to an aromatic ring is 1. The van der Waals surface area contributed by atoms with Gasteiger partial charge in [-0.1, -0.05) is 0 Å². The first kappa shape index (κ1) is 14.8. The van der Waals surface area contributed by atoms with E-state index < -0.39 is 0 Å². The van der Waals surface area contributed by atoms with Gasteiger partial charge in [-0.15, -0.1) is 0 Å². The van der Waals surface area contributed by atoms with E-state index in [0.717, 1.165) is 5.69 Å². The molecule has 0 fully saturated rings. The van der Waals surface area contributed by atoms with Crippen LogP contribution in [0.1, 0.15) is 16.8 Å². The van der Waals surface area contributed by atoms with E-state index in [4.69, 9.17) is 5.73 Å². The van der Waals surface area contributed by atoms with Crippen LogP contribution in [0.25, 0.3) is 0 Å². The van der Waals surface area contributed by atoms with Crippen molar-refractivity contribution in [3.63, 3.8) is 0 Å². The Labute approximate surface area is 113 Å². The number of nitrogens with zero attached hydrogens (tertiary/aromatic N) is 1. The number of benzene rings is 1. The molecule has 6 heteroatoms. The summed E-state index contributed by atoms with van der Waals surface area (Å²) in [7, 11) is 5.00. The number of carbonyl (C=O) groups is 2. The van der Waals surface area contributed by atoms with Crippen LogP contribution in [0, 0.1) is 0 Å². The first-order valence-corrected chi connectivity index (χ1v) is 6.01. The first-order chi connectivity index (χ1) is 8.95. The van der Waals surface area contributed by atoms with E-state index in [1.54, 1.807) is 44.2 Å². The summed E-state index contributed by atoms with van der Waals surface area (Å²) < 4.78 is 0. The number of carbonyl (C=O) groups excluding carboxylic acids is 2. The van der Waals surface area contributed by atoms with Gasteiger partial charge in [-0.25, -0.2) is 0 Å². The Morgan fingerprint density at radius 1 is 1.32 bits per heavy atom. The van der Waals surface area contributed by atoms with Crippen molar-refractivity contribution in [3.05, 3.63) is 23.8 Å². The fourth-order valence-electron chi connectivity index (χ4n) is 1.54. The maximum Gasteiger partial charge on any atom is 0.251 e. The van der Waals surface area contributed by atoms with Gasteiger partial charge in [0, 0.05) is 39.7 Å². The minimum absolute atomic E-state index is 0.0491. The number of anilines is 2. The predicted molar refractivity (Wildman–Crippen MR) is 76.0 cm³/mol. The molecule has 1 aromatic rings. The van der Waals surface area contributed by atoms with E-state index in [-0.39, 0.29) is 11.8 Å². The highest BCUT2D eigenvalue weighted by Crippen LogP contribution is 2.19. The highest BCUT2D eigenvalue weighted by atomic mass is 16.2. The second-order valence-electron chi connectivity index (χ2n) is 4.35. The van der Waals surface area contributed by atoms with Crippen molar-refractivity contribution in [2.45, 2.75) is 6.42 Å². The molecule has 0 aromatic heterocycles. The molecule has 2 amide bonds. The maximum atomic E-state index is 11.4. The van der Waals surface area contributed by atoms with Crippen molar-refractivity contribution in [3.8, 4) is 0 Å². The van der Waals surface area contributed by atoms with Gasteiger partial charge in [0.1, 0.15) is 0 Å². The third kappa shape index (κ3) is 4.17. The second kappa shape index (κ2) is 6.63. The molecule has 0 bridgehead atoms. The smallest absolute Gasteiger partial charge is 0.251 e. The first-order valence-electron chi connectivity index (χ1n) is 6.01. The second-order valence-corrected chi connectivity index (χ2v) is 4.35. The van der Waals surface area contributed by atoms with Crippen molar-refractivity contribution < 1.29 is 9.59 Å². The van der Waals surface area contributed by atoms with E-state index in [9.17, 15) is 9.59 Å². The summed E-state index contributed by atoms with van der Waals surface area (Å²) in [6, 6.07) is 5.03. The van der Waals surface area contributed by atoms with Crippen LogP contribution in [-0.2, 0) is 4.79 Å². The molecule has 0 radical (unpaired) electrons. The number of nitrogens with two attached hydrogens (primary N) is 1. The Bertz CT molecular complexity index is 472. The molecule has 0 aliphatic heterocycles. The molecule has 1 rings (SSSR count). The number of nitrogens with one attached hydrogen (secondary N) is 2. The Balaban J connectivity index is 2.61. The predicted octanol–water partition coefficient (Wildman–Crippen LogP) is 0.519. The van der Waals surface area contributed by atoms with Gasteiger partial charge in [-0.2, -0.15) is 0 Å². The third-order valence-electron chi connectivity index (χ3n) is 2.69. The number of hydrogen-bond donors (Lipinski definition) is 3. The average molecular weight is 264 g/mol. The Morgan fingerprint density at radius 2 is 2.00 bits per heavy atom. The summed E-state index contributed by atoms with van der Waals surface area (Å²) in [5.74, 6) is -0.130. The lowest BCUT2D eigenvalue weighted by Gasteiger charge is -2.13. The van der Waals surface area contributed by atoms with E-state index in [2.05, 4.69) is 10.6 Å². The van der Waals surface area contributed by atoms with Crippen molar-refractivity contribution in [2.75, 3.05) is 38.7 Å². The van der Waals surface area contributed by atoms with Crippen LogP contribution < -0.4 is 16.4 Å². The molecule has 0 aliphatic carbocycles. The average Bonchev–Trinajstić information content (AvgIpc) is 2.39. The van der Waals surface area contributed by atoms with Crippen LogP contribution in [0.4, 0.5) is 11.4 Å². The minimum atomic E-state index is -0.180. The van der Waals surface area contributed by atoms with Gasteiger partial charge < -0.3 is 21.3 Å². The van der Waals surface area contributed by atoms with Crippen LogP contribution in [0.2, 0.25) is 0 Å². The summed E-state index contributed by atoms with van der Waals surface area (Å²) in [4.78, 5) is 24.4. The maximum absolute atomic E-state index is 11.4. The zero-order valence-corrected chi connectivity index (χ0v) is 11.5. The van der Waals surface area contributed by atoms with E-state index in [0.29, 0.717) is 24.2 Å². The normalized spacial score (nSPS) is 9.84. The molecule has 0 heterocycles. The quantitative estimate of drug-likeness (QED) is 0.677. The zero-order valence-electron chi connectivity index (χ0n) is 11.5. The van der Waals surface area contributed by atoms with Crippen LogP contribution in [-0.4, -0.2) is 44.4 Å². The number of hydrogen-bond acceptors (Lipinski definition) is 4. The van der Waals surface area contributed by atoms with Crippen molar-refractivity contribution in [1.29, 1.82) is 0 Å². The lowest BCUT2D eigenvalue weighted by atomic mass is 10.1. The molecule has 0 atom stereocenters.